The number of ketones is 1. The molecule has 3 aromatic rings. The zero-order valence-corrected chi connectivity index (χ0v) is 18.1. The summed E-state index contributed by atoms with van der Waals surface area (Å²) in [4.78, 5) is 29.4. The van der Waals surface area contributed by atoms with E-state index in [1.54, 1.807) is 12.1 Å². The summed E-state index contributed by atoms with van der Waals surface area (Å²) in [5, 5.41) is 10.6. The minimum absolute atomic E-state index is 0.138. The fourth-order valence-electron chi connectivity index (χ4n) is 5.34. The summed E-state index contributed by atoms with van der Waals surface area (Å²) in [5.74, 6) is -1.51. The topological polar surface area (TPSA) is 70.4 Å². The maximum absolute atomic E-state index is 14.1. The Bertz CT molecular complexity index is 1280. The van der Waals surface area contributed by atoms with Gasteiger partial charge in [0.05, 0.1) is 19.2 Å². The molecule has 2 heterocycles. The van der Waals surface area contributed by atoms with Crippen LogP contribution in [0.1, 0.15) is 27.4 Å². The van der Waals surface area contributed by atoms with Crippen molar-refractivity contribution >= 4 is 23.5 Å². The van der Waals surface area contributed by atoms with E-state index >= 15 is 0 Å². The number of rotatable bonds is 4. The van der Waals surface area contributed by atoms with Crippen LogP contribution < -0.4 is 4.90 Å². The van der Waals surface area contributed by atoms with Crippen molar-refractivity contribution in [3.8, 4) is 6.07 Å². The average molecular weight is 434 g/mol. The molecule has 162 valence electrons. The third kappa shape index (κ3) is 2.99. The summed E-state index contributed by atoms with van der Waals surface area (Å²) in [6, 6.07) is 27.0. The van der Waals surface area contributed by atoms with Gasteiger partial charge in [0.15, 0.2) is 11.2 Å². The van der Waals surface area contributed by atoms with Crippen LogP contribution >= 0.6 is 0 Å². The molecule has 3 aromatic carbocycles. The number of hydrogen-bond acceptors (Lipinski definition) is 5. The summed E-state index contributed by atoms with van der Waals surface area (Å²) in [7, 11) is 1.29. The number of carbonyl (C=O) groups is 2. The van der Waals surface area contributed by atoms with Gasteiger partial charge in [0, 0.05) is 17.2 Å². The number of anilines is 1. The van der Waals surface area contributed by atoms with E-state index in [0.717, 1.165) is 16.8 Å². The van der Waals surface area contributed by atoms with Gasteiger partial charge in [-0.05, 0) is 17.2 Å². The Hall–Kier alpha value is -4.17. The molecule has 0 radical (unpaired) electrons. The first-order valence-electron chi connectivity index (χ1n) is 10.8. The Morgan fingerprint density at radius 3 is 2.24 bits per heavy atom. The Balaban J connectivity index is 1.82. The highest BCUT2D eigenvalue weighted by Crippen LogP contribution is 2.56. The third-order valence-electron chi connectivity index (χ3n) is 6.74. The predicted molar refractivity (Wildman–Crippen MR) is 126 cm³/mol. The molecule has 1 fully saturated rings. The van der Waals surface area contributed by atoms with Crippen molar-refractivity contribution in [1.82, 2.24) is 0 Å². The van der Waals surface area contributed by atoms with E-state index in [1.165, 1.54) is 7.11 Å². The number of nitrogens with zero attached hydrogens (tertiary/aromatic N) is 2. The first-order chi connectivity index (χ1) is 16.1. The monoisotopic (exact) mass is 434 g/mol. The van der Waals surface area contributed by atoms with Gasteiger partial charge in [0.2, 0.25) is 0 Å². The number of esters is 1. The molecule has 33 heavy (non-hydrogen) atoms. The van der Waals surface area contributed by atoms with Crippen molar-refractivity contribution in [2.75, 3.05) is 12.0 Å². The quantitative estimate of drug-likeness (QED) is 0.443. The molecule has 0 bridgehead atoms. The fourth-order valence-corrected chi connectivity index (χ4v) is 5.34. The summed E-state index contributed by atoms with van der Waals surface area (Å²) in [6.07, 6.45) is 3.78. The lowest BCUT2D eigenvalue weighted by Gasteiger charge is -2.36. The molecular weight excluding hydrogens is 412 g/mol. The molecule has 5 nitrogen and oxygen atoms in total. The van der Waals surface area contributed by atoms with Crippen molar-refractivity contribution in [3.63, 3.8) is 0 Å². The zero-order valence-electron chi connectivity index (χ0n) is 18.1. The molecule has 5 rings (SSSR count). The van der Waals surface area contributed by atoms with Crippen molar-refractivity contribution in [3.05, 3.63) is 108 Å². The average Bonchev–Trinajstić information content (AvgIpc) is 3.20. The maximum Gasteiger partial charge on any atom is 0.329 e. The van der Waals surface area contributed by atoms with Crippen LogP contribution in [0.2, 0.25) is 0 Å². The molecule has 1 saturated heterocycles. The SMILES string of the molecule is COC(=O)[C@@]1(C#N)[C@H](c2ccccc2)[C@@H](C(=O)c2ccccc2)N2c3ccccc3C=C[C@@H]21. The van der Waals surface area contributed by atoms with Crippen LogP contribution in [0.25, 0.3) is 6.08 Å². The predicted octanol–water partition coefficient (Wildman–Crippen LogP) is 4.62. The molecule has 0 saturated carbocycles. The van der Waals surface area contributed by atoms with Gasteiger partial charge in [-0.1, -0.05) is 91.0 Å². The van der Waals surface area contributed by atoms with Crippen molar-refractivity contribution in [2.45, 2.75) is 18.0 Å². The van der Waals surface area contributed by atoms with E-state index in [9.17, 15) is 14.9 Å². The molecule has 5 heteroatoms. The van der Waals surface area contributed by atoms with Crippen LogP contribution in [-0.4, -0.2) is 30.9 Å². The number of ether oxygens (including phenoxy) is 1. The number of methoxy groups -OCH3 is 1. The molecule has 0 aromatic heterocycles. The lowest BCUT2D eigenvalue weighted by Crippen LogP contribution is -2.46. The Labute approximate surface area is 192 Å². The third-order valence-corrected chi connectivity index (χ3v) is 6.74. The Morgan fingerprint density at radius 2 is 1.58 bits per heavy atom. The van der Waals surface area contributed by atoms with Gasteiger partial charge in [0.25, 0.3) is 0 Å². The molecule has 4 atom stereocenters. The number of carbonyl (C=O) groups excluding carboxylic acids is 2. The first kappa shape index (κ1) is 20.7. The van der Waals surface area contributed by atoms with Gasteiger partial charge >= 0.3 is 5.97 Å². The number of nitriles is 1. The molecule has 0 amide bonds. The number of benzene rings is 3. The highest BCUT2D eigenvalue weighted by atomic mass is 16.5. The molecule has 2 aliphatic rings. The second-order valence-corrected chi connectivity index (χ2v) is 8.31. The Morgan fingerprint density at radius 1 is 0.939 bits per heavy atom. The lowest BCUT2D eigenvalue weighted by molar-refractivity contribution is -0.150. The van der Waals surface area contributed by atoms with Gasteiger partial charge in [-0.2, -0.15) is 5.26 Å². The fraction of sp³-hybridized carbons (Fsp3) is 0.179. The lowest BCUT2D eigenvalue weighted by atomic mass is 9.68. The van der Waals surface area contributed by atoms with Gasteiger partial charge in [-0.15, -0.1) is 0 Å². The van der Waals surface area contributed by atoms with Crippen LogP contribution in [0.15, 0.2) is 91.0 Å². The molecule has 0 spiro atoms. The Kier molecular flexibility index (Phi) is 5.07. The van der Waals surface area contributed by atoms with Crippen molar-refractivity contribution in [2.24, 2.45) is 5.41 Å². The highest BCUT2D eigenvalue weighted by Gasteiger charge is 2.67. The molecule has 0 aliphatic carbocycles. The van der Waals surface area contributed by atoms with Gasteiger partial charge in [-0.3, -0.25) is 9.59 Å². The van der Waals surface area contributed by atoms with Gasteiger partial charge < -0.3 is 9.64 Å². The van der Waals surface area contributed by atoms with Crippen LogP contribution in [0.3, 0.4) is 0 Å². The minimum atomic E-state index is -1.60. The highest BCUT2D eigenvalue weighted by molar-refractivity contribution is 6.06. The number of Topliss-reactive ketones (excluding diaryl/α,β-unsaturated/α-hetero) is 1. The van der Waals surface area contributed by atoms with E-state index in [-0.39, 0.29) is 5.78 Å². The van der Waals surface area contributed by atoms with E-state index in [1.807, 2.05) is 89.8 Å². The number of hydrogen-bond donors (Lipinski definition) is 0. The van der Waals surface area contributed by atoms with Crippen molar-refractivity contribution < 1.29 is 14.3 Å². The standard InChI is InChI=1S/C28H22N2O3/c1-33-27(32)28(18-29)23-17-16-19-10-8-9-15-22(19)30(23)25(24(28)20-11-4-2-5-12-20)26(31)21-13-6-3-7-14-21/h2-17,23-25H,1H3/t23-,24-,25+,28-/m1/s1. The van der Waals surface area contributed by atoms with E-state index in [4.69, 9.17) is 4.74 Å². The van der Waals surface area contributed by atoms with E-state index < -0.39 is 29.4 Å². The molecule has 0 N–H and O–H groups in total. The van der Waals surface area contributed by atoms with Crippen molar-refractivity contribution in [1.29, 1.82) is 5.26 Å². The molecule has 0 unspecified atom stereocenters. The summed E-state index contributed by atoms with van der Waals surface area (Å²) in [6.45, 7) is 0. The largest absolute Gasteiger partial charge is 0.468 e. The van der Waals surface area contributed by atoms with Crippen LogP contribution in [0, 0.1) is 16.7 Å². The summed E-state index contributed by atoms with van der Waals surface area (Å²) >= 11 is 0. The summed E-state index contributed by atoms with van der Waals surface area (Å²) in [5.41, 5.74) is 1.44. The summed E-state index contributed by atoms with van der Waals surface area (Å²) < 4.78 is 5.22. The molecule has 2 aliphatic heterocycles. The van der Waals surface area contributed by atoms with Gasteiger partial charge in [-0.25, -0.2) is 0 Å². The van der Waals surface area contributed by atoms with Crippen LogP contribution in [0.5, 0.6) is 0 Å². The maximum atomic E-state index is 14.1. The van der Waals surface area contributed by atoms with Crippen LogP contribution in [0.4, 0.5) is 5.69 Å². The number of para-hydroxylation sites is 1. The second kappa shape index (κ2) is 8.07. The zero-order chi connectivity index (χ0) is 23.0. The first-order valence-corrected chi connectivity index (χ1v) is 10.8. The van der Waals surface area contributed by atoms with E-state index in [2.05, 4.69) is 6.07 Å². The van der Waals surface area contributed by atoms with Crippen LogP contribution in [-0.2, 0) is 9.53 Å². The normalized spacial score (nSPS) is 25.0. The minimum Gasteiger partial charge on any atom is -0.468 e. The smallest absolute Gasteiger partial charge is 0.329 e. The number of fused-ring (bicyclic) bond motifs is 3. The van der Waals surface area contributed by atoms with Gasteiger partial charge in [0.1, 0.15) is 6.04 Å². The second-order valence-electron chi connectivity index (χ2n) is 8.31. The van der Waals surface area contributed by atoms with E-state index in [0.29, 0.717) is 5.56 Å². The molecular formula is C28H22N2O3.